The number of rotatable bonds is 4. The quantitative estimate of drug-likeness (QED) is 0.683. The van der Waals surface area contributed by atoms with Crippen molar-refractivity contribution >= 4 is 0 Å². The minimum absolute atomic E-state index is 0.296. The second kappa shape index (κ2) is 3.93. The van der Waals surface area contributed by atoms with Gasteiger partial charge in [-0.05, 0) is 37.8 Å². The van der Waals surface area contributed by atoms with Gasteiger partial charge >= 0.3 is 0 Å². The number of nitrogens with zero attached hydrogens (tertiary/aromatic N) is 1. The third-order valence-electron chi connectivity index (χ3n) is 3.61. The molecule has 2 fully saturated rings. The molecule has 1 saturated carbocycles. The van der Waals surface area contributed by atoms with Gasteiger partial charge in [0.15, 0.2) is 0 Å². The van der Waals surface area contributed by atoms with Crippen LogP contribution in [0.4, 0.5) is 0 Å². The zero-order valence-electron chi connectivity index (χ0n) is 9.28. The molecule has 0 bridgehead atoms. The summed E-state index contributed by atoms with van der Waals surface area (Å²) in [5.74, 6) is 1.68. The van der Waals surface area contributed by atoms with Gasteiger partial charge in [-0.2, -0.15) is 0 Å². The SMILES string of the molecule is C=CN(C)C1OC(CC)CC1C1CC1. The number of ether oxygens (including phenoxy) is 1. The molecule has 1 heterocycles. The predicted molar refractivity (Wildman–Crippen MR) is 57.7 cm³/mol. The molecule has 0 spiro atoms. The van der Waals surface area contributed by atoms with E-state index >= 15 is 0 Å². The van der Waals surface area contributed by atoms with Crippen LogP contribution in [0.5, 0.6) is 0 Å². The largest absolute Gasteiger partial charge is 0.356 e. The molecule has 1 aliphatic carbocycles. The fourth-order valence-electron chi connectivity index (χ4n) is 2.49. The lowest BCUT2D eigenvalue weighted by atomic mass is 9.96. The van der Waals surface area contributed by atoms with Crippen LogP contribution in [-0.2, 0) is 4.74 Å². The zero-order chi connectivity index (χ0) is 10.1. The van der Waals surface area contributed by atoms with Crippen LogP contribution in [0.1, 0.15) is 32.6 Å². The highest BCUT2D eigenvalue weighted by atomic mass is 16.5. The first kappa shape index (κ1) is 10.0. The van der Waals surface area contributed by atoms with Gasteiger partial charge in [0.2, 0.25) is 0 Å². The third kappa shape index (κ3) is 1.81. The average Bonchev–Trinajstić information content (AvgIpc) is 2.97. The summed E-state index contributed by atoms with van der Waals surface area (Å²) in [5.41, 5.74) is 0. The number of hydrogen-bond donors (Lipinski definition) is 0. The van der Waals surface area contributed by atoms with Crippen molar-refractivity contribution in [1.82, 2.24) is 4.90 Å². The van der Waals surface area contributed by atoms with Crippen molar-refractivity contribution in [3.8, 4) is 0 Å². The summed E-state index contributed by atoms with van der Waals surface area (Å²) < 4.78 is 6.03. The van der Waals surface area contributed by atoms with Crippen LogP contribution in [0.2, 0.25) is 0 Å². The first-order valence-electron chi connectivity index (χ1n) is 5.76. The Kier molecular flexibility index (Phi) is 2.82. The van der Waals surface area contributed by atoms with E-state index in [0.717, 1.165) is 18.3 Å². The summed E-state index contributed by atoms with van der Waals surface area (Å²) in [6.07, 6.45) is 7.88. The molecule has 0 N–H and O–H groups in total. The monoisotopic (exact) mass is 195 g/mol. The first-order valence-corrected chi connectivity index (χ1v) is 5.76. The van der Waals surface area contributed by atoms with E-state index in [1.807, 2.05) is 6.20 Å². The van der Waals surface area contributed by atoms with Gasteiger partial charge in [-0.25, -0.2) is 0 Å². The third-order valence-corrected chi connectivity index (χ3v) is 3.61. The van der Waals surface area contributed by atoms with Crippen molar-refractivity contribution in [2.45, 2.75) is 44.9 Å². The van der Waals surface area contributed by atoms with E-state index in [-0.39, 0.29) is 0 Å². The maximum Gasteiger partial charge on any atom is 0.132 e. The van der Waals surface area contributed by atoms with E-state index in [1.54, 1.807) is 0 Å². The molecule has 2 nitrogen and oxygen atoms in total. The predicted octanol–water partition coefficient (Wildman–Crippen LogP) is 2.61. The summed E-state index contributed by atoms with van der Waals surface area (Å²) in [4.78, 5) is 2.14. The fraction of sp³-hybridized carbons (Fsp3) is 0.833. The Labute approximate surface area is 86.9 Å². The topological polar surface area (TPSA) is 12.5 Å². The molecule has 80 valence electrons. The lowest BCUT2D eigenvalue weighted by Crippen LogP contribution is -2.33. The van der Waals surface area contributed by atoms with Crippen LogP contribution in [0, 0.1) is 11.8 Å². The van der Waals surface area contributed by atoms with Crippen molar-refractivity contribution in [2.75, 3.05) is 7.05 Å². The minimum atomic E-state index is 0.296. The molecule has 0 aromatic carbocycles. The van der Waals surface area contributed by atoms with Crippen molar-refractivity contribution < 1.29 is 4.74 Å². The van der Waals surface area contributed by atoms with Crippen molar-refractivity contribution in [3.63, 3.8) is 0 Å². The smallest absolute Gasteiger partial charge is 0.132 e. The molecule has 2 aliphatic rings. The van der Waals surface area contributed by atoms with Crippen LogP contribution < -0.4 is 0 Å². The van der Waals surface area contributed by atoms with Gasteiger partial charge < -0.3 is 9.64 Å². The van der Waals surface area contributed by atoms with Gasteiger partial charge in [0.05, 0.1) is 6.10 Å². The molecular formula is C12H21NO. The lowest BCUT2D eigenvalue weighted by Gasteiger charge is -2.27. The van der Waals surface area contributed by atoms with E-state index in [2.05, 4.69) is 25.5 Å². The Morgan fingerprint density at radius 2 is 2.21 bits per heavy atom. The summed E-state index contributed by atoms with van der Waals surface area (Å²) in [5, 5.41) is 0. The summed E-state index contributed by atoms with van der Waals surface area (Å²) in [6, 6.07) is 0. The van der Waals surface area contributed by atoms with E-state index in [9.17, 15) is 0 Å². The highest BCUT2D eigenvalue weighted by Crippen LogP contribution is 2.46. The molecule has 0 amide bonds. The average molecular weight is 195 g/mol. The van der Waals surface area contributed by atoms with E-state index in [1.165, 1.54) is 19.3 Å². The summed E-state index contributed by atoms with van der Waals surface area (Å²) in [6.45, 7) is 6.03. The standard InChI is InChI=1S/C12H21NO/c1-4-10-8-11(9-6-7-9)12(14-10)13(3)5-2/h5,9-12H,2,4,6-8H2,1,3H3. The Bertz CT molecular complexity index is 212. The minimum Gasteiger partial charge on any atom is -0.356 e. The highest BCUT2D eigenvalue weighted by Gasteiger charge is 2.44. The van der Waals surface area contributed by atoms with Gasteiger partial charge in [-0.15, -0.1) is 0 Å². The molecule has 3 atom stereocenters. The number of hydrogen-bond acceptors (Lipinski definition) is 2. The van der Waals surface area contributed by atoms with E-state index in [4.69, 9.17) is 4.74 Å². The molecule has 0 aromatic rings. The van der Waals surface area contributed by atoms with Gasteiger partial charge in [-0.3, -0.25) is 0 Å². The molecule has 14 heavy (non-hydrogen) atoms. The zero-order valence-corrected chi connectivity index (χ0v) is 9.28. The Balaban J connectivity index is 2.01. The summed E-state index contributed by atoms with van der Waals surface area (Å²) >= 11 is 0. The highest BCUT2D eigenvalue weighted by molar-refractivity contribution is 4.93. The van der Waals surface area contributed by atoms with Crippen LogP contribution in [0.25, 0.3) is 0 Å². The van der Waals surface area contributed by atoms with Crippen molar-refractivity contribution in [2.24, 2.45) is 11.8 Å². The van der Waals surface area contributed by atoms with Gasteiger partial charge in [0.1, 0.15) is 6.23 Å². The molecule has 0 aromatic heterocycles. The molecule has 1 aliphatic heterocycles. The summed E-state index contributed by atoms with van der Waals surface area (Å²) in [7, 11) is 2.07. The van der Waals surface area contributed by atoms with Crippen LogP contribution in [0.3, 0.4) is 0 Å². The van der Waals surface area contributed by atoms with E-state index < -0.39 is 0 Å². The van der Waals surface area contributed by atoms with Crippen molar-refractivity contribution in [3.05, 3.63) is 12.8 Å². The van der Waals surface area contributed by atoms with Crippen molar-refractivity contribution in [1.29, 1.82) is 0 Å². The Morgan fingerprint density at radius 3 is 2.71 bits per heavy atom. The first-order chi connectivity index (χ1) is 6.76. The second-order valence-electron chi connectivity index (χ2n) is 4.64. The molecular weight excluding hydrogens is 174 g/mol. The second-order valence-corrected chi connectivity index (χ2v) is 4.64. The van der Waals surface area contributed by atoms with Crippen LogP contribution >= 0.6 is 0 Å². The van der Waals surface area contributed by atoms with Crippen LogP contribution in [0.15, 0.2) is 12.8 Å². The molecule has 3 unspecified atom stereocenters. The van der Waals surface area contributed by atoms with Crippen LogP contribution in [-0.4, -0.2) is 24.3 Å². The molecule has 2 heteroatoms. The molecule has 0 radical (unpaired) electrons. The Morgan fingerprint density at radius 1 is 1.50 bits per heavy atom. The van der Waals surface area contributed by atoms with Gasteiger partial charge in [-0.1, -0.05) is 13.5 Å². The maximum atomic E-state index is 6.03. The normalized spacial score (nSPS) is 37.1. The molecule has 1 saturated heterocycles. The van der Waals surface area contributed by atoms with Gasteiger partial charge in [0.25, 0.3) is 0 Å². The van der Waals surface area contributed by atoms with E-state index in [0.29, 0.717) is 12.3 Å². The molecule has 2 rings (SSSR count). The van der Waals surface area contributed by atoms with Gasteiger partial charge in [0, 0.05) is 13.0 Å². The lowest BCUT2D eigenvalue weighted by molar-refractivity contribution is -0.0416. The fourth-order valence-corrected chi connectivity index (χ4v) is 2.49. The Hall–Kier alpha value is -0.500. The maximum absolute atomic E-state index is 6.03.